The smallest absolute Gasteiger partial charge is 0.258 e. The van der Waals surface area contributed by atoms with E-state index in [1.165, 1.54) is 19.3 Å². The highest BCUT2D eigenvalue weighted by atomic mass is 16.6. The first-order valence-corrected chi connectivity index (χ1v) is 7.60. The molecular formula is C18H25NO2. The zero-order valence-corrected chi connectivity index (χ0v) is 13.0. The zero-order chi connectivity index (χ0) is 15.7. The van der Waals surface area contributed by atoms with E-state index in [1.54, 1.807) is 24.3 Å². The molecule has 0 bridgehead atoms. The van der Waals surface area contributed by atoms with Crippen molar-refractivity contribution in [1.29, 1.82) is 0 Å². The molecule has 1 rings (SSSR count). The molecule has 0 unspecified atom stereocenters. The number of unbranched alkanes of at least 4 members (excludes halogenated alkanes) is 4. The molecule has 0 fully saturated rings. The van der Waals surface area contributed by atoms with Gasteiger partial charge in [0.15, 0.2) is 0 Å². The van der Waals surface area contributed by atoms with Gasteiger partial charge < -0.3 is 0 Å². The molecule has 0 amide bonds. The van der Waals surface area contributed by atoms with Crippen molar-refractivity contribution < 1.29 is 4.92 Å². The molecule has 0 heterocycles. The third-order valence-electron chi connectivity index (χ3n) is 3.79. The summed E-state index contributed by atoms with van der Waals surface area (Å²) in [6, 6.07) is 6.88. The lowest BCUT2D eigenvalue weighted by Gasteiger charge is -2.22. The third-order valence-corrected chi connectivity index (χ3v) is 3.79. The quantitative estimate of drug-likeness (QED) is 0.258. The summed E-state index contributed by atoms with van der Waals surface area (Å²) in [5, 5.41) is 11.2. The number of nitro groups is 1. The van der Waals surface area contributed by atoms with Crippen molar-refractivity contribution in [3.8, 4) is 0 Å². The Labute approximate surface area is 127 Å². The summed E-state index contributed by atoms with van der Waals surface area (Å²) in [6.07, 6.45) is 11.8. The van der Waals surface area contributed by atoms with Gasteiger partial charge in [0.25, 0.3) is 5.69 Å². The van der Waals surface area contributed by atoms with Gasteiger partial charge in [-0.05, 0) is 19.8 Å². The number of nitro benzene ring substituents is 1. The van der Waals surface area contributed by atoms with Gasteiger partial charge in [-0.15, -0.1) is 6.58 Å². The van der Waals surface area contributed by atoms with E-state index >= 15 is 0 Å². The summed E-state index contributed by atoms with van der Waals surface area (Å²) in [4.78, 5) is 10.9. The maximum atomic E-state index is 11.2. The fourth-order valence-electron chi connectivity index (χ4n) is 2.37. The van der Waals surface area contributed by atoms with Crippen LogP contribution < -0.4 is 0 Å². The largest absolute Gasteiger partial charge is 0.273 e. The second kappa shape index (κ2) is 8.40. The second-order valence-corrected chi connectivity index (χ2v) is 5.51. The second-order valence-electron chi connectivity index (χ2n) is 5.51. The molecule has 0 saturated heterocycles. The summed E-state index contributed by atoms with van der Waals surface area (Å²) in [5.74, 6) is 0. The fraction of sp³-hybridized carbons (Fsp3) is 0.444. The fourth-order valence-corrected chi connectivity index (χ4v) is 2.37. The predicted octanol–water partition coefficient (Wildman–Crippen LogP) is 5.57. The molecule has 3 heteroatoms. The third kappa shape index (κ3) is 4.85. The van der Waals surface area contributed by atoms with Crippen LogP contribution in [0.2, 0.25) is 0 Å². The van der Waals surface area contributed by atoms with E-state index in [0.29, 0.717) is 5.56 Å². The number of hydrogen-bond acceptors (Lipinski definition) is 2. The van der Waals surface area contributed by atoms with Crippen LogP contribution in [0.4, 0.5) is 5.69 Å². The molecule has 0 aromatic heterocycles. The van der Waals surface area contributed by atoms with Crippen LogP contribution in [-0.4, -0.2) is 4.92 Å². The Morgan fingerprint density at radius 1 is 1.29 bits per heavy atom. The number of allylic oxidation sites excluding steroid dienone is 3. The highest BCUT2D eigenvalue weighted by molar-refractivity contribution is 5.49. The SMILES string of the molecule is C=C[C@@](C)(/C=C/CCCCCC)c1ccccc1[N+](=O)[O-]. The number of benzene rings is 1. The van der Waals surface area contributed by atoms with Gasteiger partial charge in [-0.25, -0.2) is 0 Å². The first kappa shape index (κ1) is 17.2. The van der Waals surface area contributed by atoms with Crippen molar-refractivity contribution >= 4 is 5.69 Å². The van der Waals surface area contributed by atoms with E-state index in [-0.39, 0.29) is 10.6 Å². The molecule has 0 aliphatic carbocycles. The summed E-state index contributed by atoms with van der Waals surface area (Å²) in [5.41, 5.74) is 0.333. The highest BCUT2D eigenvalue weighted by Gasteiger charge is 2.27. The van der Waals surface area contributed by atoms with Gasteiger partial charge in [-0.1, -0.05) is 62.6 Å². The molecule has 1 atom stereocenters. The Kier molecular flexibility index (Phi) is 6.86. The average molecular weight is 287 g/mol. The average Bonchev–Trinajstić information content (AvgIpc) is 2.50. The minimum Gasteiger partial charge on any atom is -0.258 e. The normalized spacial score (nSPS) is 14.0. The molecular weight excluding hydrogens is 262 g/mol. The Morgan fingerprint density at radius 2 is 2.00 bits per heavy atom. The van der Waals surface area contributed by atoms with E-state index in [1.807, 2.05) is 19.1 Å². The van der Waals surface area contributed by atoms with Gasteiger partial charge in [-0.2, -0.15) is 0 Å². The Hall–Kier alpha value is -1.90. The van der Waals surface area contributed by atoms with E-state index in [4.69, 9.17) is 0 Å². The predicted molar refractivity (Wildman–Crippen MR) is 88.5 cm³/mol. The number of nitrogens with zero attached hydrogens (tertiary/aromatic N) is 1. The molecule has 114 valence electrons. The lowest BCUT2D eigenvalue weighted by Crippen LogP contribution is -2.17. The van der Waals surface area contributed by atoms with Crippen LogP contribution in [-0.2, 0) is 5.41 Å². The van der Waals surface area contributed by atoms with Crippen LogP contribution in [0.1, 0.15) is 51.5 Å². The summed E-state index contributed by atoms with van der Waals surface area (Å²) in [6.45, 7) is 8.02. The molecule has 0 N–H and O–H groups in total. The van der Waals surface area contributed by atoms with Crippen LogP contribution in [0.5, 0.6) is 0 Å². The van der Waals surface area contributed by atoms with E-state index in [9.17, 15) is 10.1 Å². The number of para-hydroxylation sites is 1. The molecule has 0 radical (unpaired) electrons. The van der Waals surface area contributed by atoms with Gasteiger partial charge in [-0.3, -0.25) is 10.1 Å². The van der Waals surface area contributed by atoms with Crippen molar-refractivity contribution in [2.24, 2.45) is 0 Å². The van der Waals surface area contributed by atoms with Crippen LogP contribution in [0, 0.1) is 10.1 Å². The lowest BCUT2D eigenvalue weighted by molar-refractivity contribution is -0.385. The van der Waals surface area contributed by atoms with Crippen LogP contribution >= 0.6 is 0 Å². The number of rotatable bonds is 9. The van der Waals surface area contributed by atoms with Gasteiger partial charge in [0.2, 0.25) is 0 Å². The van der Waals surface area contributed by atoms with Crippen molar-refractivity contribution in [1.82, 2.24) is 0 Å². The molecule has 0 aliphatic rings. The van der Waals surface area contributed by atoms with Gasteiger partial charge >= 0.3 is 0 Å². The zero-order valence-electron chi connectivity index (χ0n) is 13.0. The van der Waals surface area contributed by atoms with Crippen molar-refractivity contribution in [3.05, 3.63) is 64.8 Å². The lowest BCUT2D eigenvalue weighted by atomic mass is 9.81. The standard InChI is InChI=1S/C18H25NO2/c1-4-6-7-8-9-12-15-18(3,5-2)16-13-10-11-14-17(16)19(20)21/h5,10-15H,2,4,6-9H2,1,3H3/b15-12+/t18-/m0/s1. The molecule has 21 heavy (non-hydrogen) atoms. The first-order valence-electron chi connectivity index (χ1n) is 7.60. The van der Waals surface area contributed by atoms with Crippen molar-refractivity contribution in [3.63, 3.8) is 0 Å². The van der Waals surface area contributed by atoms with Gasteiger partial charge in [0.05, 0.1) is 4.92 Å². The summed E-state index contributed by atoms with van der Waals surface area (Å²) >= 11 is 0. The molecule has 0 aliphatic heterocycles. The minimum atomic E-state index is -0.506. The Bertz CT molecular complexity index is 508. The monoisotopic (exact) mass is 287 g/mol. The van der Waals surface area contributed by atoms with Gasteiger partial charge in [0.1, 0.15) is 0 Å². The van der Waals surface area contributed by atoms with E-state index < -0.39 is 5.41 Å². The topological polar surface area (TPSA) is 43.1 Å². The highest BCUT2D eigenvalue weighted by Crippen LogP contribution is 2.34. The molecule has 1 aromatic rings. The van der Waals surface area contributed by atoms with Crippen LogP contribution in [0.3, 0.4) is 0 Å². The maximum Gasteiger partial charge on any atom is 0.273 e. The van der Waals surface area contributed by atoms with Crippen LogP contribution in [0.25, 0.3) is 0 Å². The van der Waals surface area contributed by atoms with Gasteiger partial charge in [0, 0.05) is 17.0 Å². The molecule has 0 saturated carbocycles. The van der Waals surface area contributed by atoms with E-state index in [2.05, 4.69) is 19.6 Å². The van der Waals surface area contributed by atoms with Crippen molar-refractivity contribution in [2.75, 3.05) is 0 Å². The summed E-state index contributed by atoms with van der Waals surface area (Å²) in [7, 11) is 0. The van der Waals surface area contributed by atoms with Crippen LogP contribution in [0.15, 0.2) is 49.1 Å². The molecule has 1 aromatic carbocycles. The van der Waals surface area contributed by atoms with Crippen molar-refractivity contribution in [2.45, 2.75) is 51.4 Å². The molecule has 0 spiro atoms. The Balaban J connectivity index is 2.87. The summed E-state index contributed by atoms with van der Waals surface area (Å²) < 4.78 is 0. The minimum absolute atomic E-state index is 0.149. The number of hydrogen-bond donors (Lipinski definition) is 0. The van der Waals surface area contributed by atoms with E-state index in [0.717, 1.165) is 12.8 Å². The maximum absolute atomic E-state index is 11.2. The first-order chi connectivity index (χ1) is 10.0. The Morgan fingerprint density at radius 3 is 2.62 bits per heavy atom. The molecule has 3 nitrogen and oxygen atoms in total.